The van der Waals surface area contributed by atoms with Gasteiger partial charge in [0.05, 0.1) is 11.0 Å². The fourth-order valence-corrected chi connectivity index (χ4v) is 10.7. The number of anilines is 2. The summed E-state index contributed by atoms with van der Waals surface area (Å²) in [4.78, 5) is 3.85. The maximum atomic E-state index is 6.33. The van der Waals surface area contributed by atoms with E-state index in [9.17, 15) is 0 Å². The highest BCUT2D eigenvalue weighted by atomic mass is 32.1. The second kappa shape index (κ2) is 13.4. The van der Waals surface area contributed by atoms with Gasteiger partial charge in [-0.3, -0.25) is 0 Å². The van der Waals surface area contributed by atoms with E-state index in [1.807, 2.05) is 17.4 Å². The number of para-hydroxylation sites is 3. The number of allylic oxidation sites excluding steroid dienone is 2. The average Bonchev–Trinajstić information content (AvgIpc) is 3.96. The van der Waals surface area contributed by atoms with E-state index in [0.717, 1.165) is 36.3 Å². The Morgan fingerprint density at radius 3 is 2.12 bits per heavy atom. The molecule has 1 unspecified atom stereocenters. The molecule has 3 nitrogen and oxygen atoms in total. The third-order valence-electron chi connectivity index (χ3n) is 12.3. The normalized spacial score (nSPS) is 14.9. The summed E-state index contributed by atoms with van der Waals surface area (Å²) in [5.41, 5.74) is 14.6. The quantitative estimate of drug-likeness (QED) is 0.168. The molecule has 0 saturated carbocycles. The van der Waals surface area contributed by atoms with Crippen LogP contribution in [0.5, 0.6) is 0 Å². The monoisotopic (exact) mass is 762 g/mol. The number of fused-ring (bicyclic) bond motifs is 9. The highest BCUT2D eigenvalue weighted by molar-refractivity contribution is 7.20. The highest BCUT2D eigenvalue weighted by Crippen LogP contribution is 2.43. The number of thiophene rings is 1. The van der Waals surface area contributed by atoms with Gasteiger partial charge in [0.2, 0.25) is 0 Å². The minimum absolute atomic E-state index is 0.266. The van der Waals surface area contributed by atoms with Gasteiger partial charge >= 0.3 is 0 Å². The van der Waals surface area contributed by atoms with Gasteiger partial charge in [0.15, 0.2) is 0 Å². The van der Waals surface area contributed by atoms with E-state index in [2.05, 4.69) is 191 Å². The molecule has 2 aliphatic carbocycles. The number of rotatable bonds is 6. The van der Waals surface area contributed by atoms with Gasteiger partial charge in [-0.1, -0.05) is 121 Å². The predicted molar refractivity (Wildman–Crippen MR) is 245 cm³/mol. The molecule has 0 amide bonds. The predicted octanol–water partition coefficient (Wildman–Crippen LogP) is 14.9. The minimum atomic E-state index is 0.266. The van der Waals surface area contributed by atoms with E-state index in [4.69, 9.17) is 4.42 Å². The number of hydrogen-bond acceptors (Lipinski definition) is 3. The molecule has 2 aliphatic rings. The van der Waals surface area contributed by atoms with Crippen molar-refractivity contribution in [1.29, 1.82) is 0 Å². The molecule has 4 heteroatoms. The van der Waals surface area contributed by atoms with Gasteiger partial charge in [-0.05, 0) is 107 Å². The molecule has 58 heavy (non-hydrogen) atoms. The van der Waals surface area contributed by atoms with Crippen LogP contribution in [0.15, 0.2) is 186 Å². The Hall–Kier alpha value is -6.88. The summed E-state index contributed by atoms with van der Waals surface area (Å²) in [6, 6.07) is 62.0. The fraction of sp³-hybridized carbons (Fsp3) is 0.0741. The second-order valence-electron chi connectivity index (χ2n) is 15.6. The number of furan rings is 1. The van der Waals surface area contributed by atoms with Crippen molar-refractivity contribution in [3.8, 4) is 16.8 Å². The number of hydrogen-bond donors (Lipinski definition) is 0. The van der Waals surface area contributed by atoms with Crippen molar-refractivity contribution >= 4 is 77.7 Å². The van der Waals surface area contributed by atoms with Crippen LogP contribution in [0.2, 0.25) is 0 Å². The SMILES string of the molecule is C1=CC(c2ccc(N(C3=Cc4sc5ccccc5c4CC3)c3ccc(-c4ccc5c6ccccc6n(-c6ccccc6)c5c4)cc3)cc2)Cc2oc3ccccc3c21. The van der Waals surface area contributed by atoms with Crippen molar-refractivity contribution < 1.29 is 4.42 Å². The molecule has 3 heterocycles. The molecular weight excluding hydrogens is 725 g/mol. The Kier molecular flexibility index (Phi) is 7.67. The number of benzene rings is 7. The lowest BCUT2D eigenvalue weighted by molar-refractivity contribution is 0.532. The third kappa shape index (κ3) is 5.40. The fourth-order valence-electron chi connectivity index (χ4n) is 9.46. The minimum Gasteiger partial charge on any atom is -0.460 e. The van der Waals surface area contributed by atoms with Crippen LogP contribution in [-0.4, -0.2) is 4.57 Å². The first-order chi connectivity index (χ1) is 28.7. The van der Waals surface area contributed by atoms with Crippen molar-refractivity contribution in [3.05, 3.63) is 209 Å². The van der Waals surface area contributed by atoms with Crippen molar-refractivity contribution in [2.24, 2.45) is 0 Å². The number of nitrogens with zero attached hydrogens (tertiary/aromatic N) is 2. The molecule has 0 spiro atoms. The van der Waals surface area contributed by atoms with Gasteiger partial charge in [0.1, 0.15) is 11.3 Å². The standard InChI is InChI=1S/C54H38N2OS/c1-2-10-39(11-3-1)56-49-15-7-4-12-43(49)44-29-22-37(32-50(44)56)35-18-24-40(25-19-35)55(42-28-31-48-47-14-6-9-17-53(47)58-54(48)34-42)41-26-20-36(21-27-41)38-23-30-46-45-13-5-8-16-51(45)57-52(46)33-38/h1-27,29-30,32,34,38H,28,31,33H2. The smallest absolute Gasteiger partial charge is 0.134 e. The van der Waals surface area contributed by atoms with Crippen LogP contribution in [0.4, 0.5) is 11.4 Å². The molecular formula is C54H38N2OS. The summed E-state index contributed by atoms with van der Waals surface area (Å²) >= 11 is 1.91. The first-order valence-electron chi connectivity index (χ1n) is 20.2. The van der Waals surface area contributed by atoms with Gasteiger partial charge in [0, 0.05) is 66.4 Å². The first kappa shape index (κ1) is 33.3. The van der Waals surface area contributed by atoms with Crippen molar-refractivity contribution in [2.75, 3.05) is 4.90 Å². The molecule has 12 rings (SSSR count). The van der Waals surface area contributed by atoms with Gasteiger partial charge < -0.3 is 13.9 Å². The Labute approximate surface area is 341 Å². The van der Waals surface area contributed by atoms with Crippen LogP contribution >= 0.6 is 11.3 Å². The topological polar surface area (TPSA) is 21.3 Å². The average molecular weight is 763 g/mol. The van der Waals surface area contributed by atoms with Crippen LogP contribution in [0.1, 0.15) is 39.7 Å². The molecule has 0 radical (unpaired) electrons. The third-order valence-corrected chi connectivity index (χ3v) is 13.4. The van der Waals surface area contributed by atoms with E-state index in [1.165, 1.54) is 87.0 Å². The molecule has 10 aromatic rings. The number of aryl methyl sites for hydroxylation is 1. The van der Waals surface area contributed by atoms with Crippen molar-refractivity contribution in [1.82, 2.24) is 4.57 Å². The van der Waals surface area contributed by atoms with Crippen LogP contribution in [0.3, 0.4) is 0 Å². The summed E-state index contributed by atoms with van der Waals surface area (Å²) in [7, 11) is 0. The second-order valence-corrected chi connectivity index (χ2v) is 16.7. The van der Waals surface area contributed by atoms with Crippen LogP contribution in [-0.2, 0) is 12.8 Å². The van der Waals surface area contributed by atoms with Crippen LogP contribution in [0.25, 0.3) is 71.8 Å². The summed E-state index contributed by atoms with van der Waals surface area (Å²) in [6.45, 7) is 0. The molecule has 0 aliphatic heterocycles. The molecule has 276 valence electrons. The molecule has 0 saturated heterocycles. The summed E-state index contributed by atoms with van der Waals surface area (Å²) in [5, 5.41) is 5.13. The van der Waals surface area contributed by atoms with E-state index in [0.29, 0.717) is 0 Å². The Morgan fingerprint density at radius 1 is 0.586 bits per heavy atom. The highest BCUT2D eigenvalue weighted by Gasteiger charge is 2.25. The largest absolute Gasteiger partial charge is 0.460 e. The molecule has 7 aromatic carbocycles. The maximum Gasteiger partial charge on any atom is 0.134 e. The Bertz CT molecular complexity index is 3250. The summed E-state index contributed by atoms with van der Waals surface area (Å²) in [5.74, 6) is 1.34. The van der Waals surface area contributed by atoms with E-state index < -0.39 is 0 Å². The molecule has 3 aromatic heterocycles. The van der Waals surface area contributed by atoms with Gasteiger partial charge in [-0.25, -0.2) is 0 Å². The summed E-state index contributed by atoms with van der Waals surface area (Å²) < 4.78 is 10.1. The number of aromatic nitrogens is 1. The van der Waals surface area contributed by atoms with Gasteiger partial charge in [-0.15, -0.1) is 11.3 Å². The zero-order valence-corrected chi connectivity index (χ0v) is 32.6. The molecule has 0 fully saturated rings. The lowest BCUT2D eigenvalue weighted by Crippen LogP contribution is -2.19. The van der Waals surface area contributed by atoms with Gasteiger partial charge in [0.25, 0.3) is 0 Å². The Morgan fingerprint density at radius 2 is 1.28 bits per heavy atom. The van der Waals surface area contributed by atoms with Crippen LogP contribution in [0, 0.1) is 0 Å². The molecule has 0 bridgehead atoms. The van der Waals surface area contributed by atoms with E-state index in [-0.39, 0.29) is 5.92 Å². The lowest BCUT2D eigenvalue weighted by atomic mass is 9.88. The van der Waals surface area contributed by atoms with Crippen molar-refractivity contribution in [2.45, 2.75) is 25.2 Å². The molecule has 1 atom stereocenters. The van der Waals surface area contributed by atoms with E-state index >= 15 is 0 Å². The first-order valence-corrected chi connectivity index (χ1v) is 21.0. The lowest BCUT2D eigenvalue weighted by Gasteiger charge is -2.30. The summed E-state index contributed by atoms with van der Waals surface area (Å²) in [6.07, 6.45) is 9.90. The van der Waals surface area contributed by atoms with E-state index in [1.54, 1.807) is 0 Å². The maximum absolute atomic E-state index is 6.33. The van der Waals surface area contributed by atoms with Crippen molar-refractivity contribution in [3.63, 3.8) is 0 Å². The van der Waals surface area contributed by atoms with Gasteiger partial charge in [-0.2, -0.15) is 0 Å². The zero-order valence-electron chi connectivity index (χ0n) is 31.8. The zero-order chi connectivity index (χ0) is 38.2. The van der Waals surface area contributed by atoms with Crippen LogP contribution < -0.4 is 4.90 Å². The Balaban J connectivity index is 0.920. The molecule has 0 N–H and O–H groups in total.